The minimum Gasteiger partial charge on any atom is -0.102 e. The fourth-order valence-electron chi connectivity index (χ4n) is 1.81. The van der Waals surface area contributed by atoms with Crippen LogP contribution in [0.4, 0.5) is 0 Å². The van der Waals surface area contributed by atoms with E-state index in [4.69, 9.17) is 0 Å². The molecule has 1 heterocycles. The van der Waals surface area contributed by atoms with Crippen molar-refractivity contribution < 1.29 is 0 Å². The second kappa shape index (κ2) is 4.57. The molecule has 1 aromatic rings. The van der Waals surface area contributed by atoms with Crippen LogP contribution in [-0.2, 0) is 6.16 Å². The van der Waals surface area contributed by atoms with E-state index < -0.39 is 0 Å². The molecule has 0 radical (unpaired) electrons. The van der Waals surface area contributed by atoms with Crippen molar-refractivity contribution in [1.29, 1.82) is 0 Å². The zero-order valence-electron chi connectivity index (χ0n) is 7.67. The second-order valence-corrected chi connectivity index (χ2v) is 6.98. The third-order valence-electron chi connectivity index (χ3n) is 2.55. The summed E-state index contributed by atoms with van der Waals surface area (Å²) in [6, 6.07) is 8.65. The minimum absolute atomic E-state index is 0.332. The van der Waals surface area contributed by atoms with Crippen molar-refractivity contribution in [2.24, 2.45) is 0 Å². The van der Waals surface area contributed by atoms with Crippen molar-refractivity contribution in [3.63, 3.8) is 0 Å². The van der Waals surface area contributed by atoms with E-state index in [-0.39, 0.29) is 0 Å². The molecule has 0 aromatic heterocycles. The Morgan fingerprint density at radius 2 is 1.85 bits per heavy atom. The molecule has 0 amide bonds. The molecule has 1 aromatic carbocycles. The molecule has 1 fully saturated rings. The molecule has 2 rings (SSSR count). The van der Waals surface area contributed by atoms with Gasteiger partial charge in [0, 0.05) is 4.47 Å². The Balaban J connectivity index is 2.04. The molecule has 2 heteroatoms. The van der Waals surface area contributed by atoms with Gasteiger partial charge < -0.3 is 0 Å². The summed E-state index contributed by atoms with van der Waals surface area (Å²) in [5.74, 6) is 0. The molecule has 70 valence electrons. The number of hydrogen-bond acceptors (Lipinski definition) is 0. The minimum atomic E-state index is 0.332. The predicted octanol–water partition coefficient (Wildman–Crippen LogP) is 4.22. The highest BCUT2D eigenvalue weighted by Gasteiger charge is 2.15. The van der Waals surface area contributed by atoms with Gasteiger partial charge in [0.15, 0.2) is 0 Å². The Hall–Kier alpha value is 0.130. The third kappa shape index (κ3) is 2.54. The van der Waals surface area contributed by atoms with Crippen molar-refractivity contribution in [2.75, 3.05) is 12.3 Å². The maximum Gasteiger partial charge on any atom is 0.0210 e. The number of rotatable bonds is 2. The quantitative estimate of drug-likeness (QED) is 0.695. The van der Waals surface area contributed by atoms with Crippen molar-refractivity contribution in [1.82, 2.24) is 0 Å². The summed E-state index contributed by atoms with van der Waals surface area (Å²) in [4.78, 5) is 0. The number of hydrogen-bond donors (Lipinski definition) is 0. The lowest BCUT2D eigenvalue weighted by Gasteiger charge is -2.10. The van der Waals surface area contributed by atoms with Gasteiger partial charge in [-0.3, -0.25) is 0 Å². The Morgan fingerprint density at radius 1 is 1.15 bits per heavy atom. The van der Waals surface area contributed by atoms with Gasteiger partial charge in [-0.1, -0.05) is 34.1 Å². The molecule has 0 spiro atoms. The van der Waals surface area contributed by atoms with Crippen LogP contribution in [0.2, 0.25) is 0 Å². The lowest BCUT2D eigenvalue weighted by atomic mass is 10.2. The molecule has 0 bridgehead atoms. The smallest absolute Gasteiger partial charge is 0.0210 e. The van der Waals surface area contributed by atoms with Crippen molar-refractivity contribution in [3.05, 3.63) is 34.3 Å². The lowest BCUT2D eigenvalue weighted by Crippen LogP contribution is -1.86. The first-order valence-electron chi connectivity index (χ1n) is 4.82. The highest BCUT2D eigenvalue weighted by atomic mass is 79.9. The van der Waals surface area contributed by atoms with E-state index in [1.807, 2.05) is 0 Å². The summed E-state index contributed by atoms with van der Waals surface area (Å²) >= 11 is 3.61. The first-order valence-corrected chi connectivity index (χ1v) is 7.51. The van der Waals surface area contributed by atoms with E-state index in [1.165, 1.54) is 41.4 Å². The average molecular weight is 257 g/mol. The molecule has 0 saturated carbocycles. The molecule has 0 aliphatic carbocycles. The van der Waals surface area contributed by atoms with Crippen molar-refractivity contribution >= 4 is 23.9 Å². The van der Waals surface area contributed by atoms with Gasteiger partial charge in [0.05, 0.1) is 0 Å². The van der Waals surface area contributed by atoms with E-state index in [1.54, 1.807) is 0 Å². The maximum absolute atomic E-state index is 3.61. The molecule has 0 atom stereocenters. The van der Waals surface area contributed by atoms with Gasteiger partial charge >= 0.3 is 0 Å². The van der Waals surface area contributed by atoms with Gasteiger partial charge in [0.25, 0.3) is 0 Å². The fourth-order valence-corrected chi connectivity index (χ4v) is 5.09. The van der Waals surface area contributed by atoms with Crippen LogP contribution in [0.1, 0.15) is 18.4 Å². The SMILES string of the molecule is Brc1ccccc1CP1CCCC1. The van der Waals surface area contributed by atoms with Crippen molar-refractivity contribution in [2.45, 2.75) is 19.0 Å². The second-order valence-electron chi connectivity index (χ2n) is 3.57. The van der Waals surface area contributed by atoms with E-state index in [9.17, 15) is 0 Å². The highest BCUT2D eigenvalue weighted by Crippen LogP contribution is 2.47. The molecule has 13 heavy (non-hydrogen) atoms. The first-order chi connectivity index (χ1) is 6.36. The van der Waals surface area contributed by atoms with Crippen LogP contribution in [0.15, 0.2) is 28.7 Å². The fraction of sp³-hybridized carbons (Fsp3) is 0.455. The lowest BCUT2D eigenvalue weighted by molar-refractivity contribution is 0.949. The van der Waals surface area contributed by atoms with E-state index >= 15 is 0 Å². The van der Waals surface area contributed by atoms with Gasteiger partial charge in [-0.15, -0.1) is 7.92 Å². The van der Waals surface area contributed by atoms with Gasteiger partial charge in [0.1, 0.15) is 0 Å². The van der Waals surface area contributed by atoms with E-state index in [0.29, 0.717) is 7.92 Å². The third-order valence-corrected chi connectivity index (χ3v) is 6.01. The zero-order chi connectivity index (χ0) is 9.10. The predicted molar refractivity (Wildman–Crippen MR) is 63.7 cm³/mol. The molecule has 0 unspecified atom stereocenters. The van der Waals surface area contributed by atoms with Crippen LogP contribution >= 0.6 is 23.9 Å². The summed E-state index contributed by atoms with van der Waals surface area (Å²) in [5.41, 5.74) is 1.51. The molecule has 0 nitrogen and oxygen atoms in total. The summed E-state index contributed by atoms with van der Waals surface area (Å²) < 4.78 is 1.30. The summed E-state index contributed by atoms with van der Waals surface area (Å²) in [6.45, 7) is 0. The Bertz CT molecular complexity index is 279. The van der Waals surface area contributed by atoms with Crippen LogP contribution in [0.3, 0.4) is 0 Å². The van der Waals surface area contributed by atoms with Crippen LogP contribution in [0.25, 0.3) is 0 Å². The molecular weight excluding hydrogens is 243 g/mol. The molecule has 1 aliphatic heterocycles. The molecule has 0 N–H and O–H groups in total. The molecule has 1 saturated heterocycles. The summed E-state index contributed by atoms with van der Waals surface area (Å²) in [7, 11) is 0.332. The normalized spacial score (nSPS) is 17.9. The Morgan fingerprint density at radius 3 is 2.54 bits per heavy atom. The van der Waals surface area contributed by atoms with Crippen molar-refractivity contribution in [3.8, 4) is 0 Å². The monoisotopic (exact) mass is 256 g/mol. The topological polar surface area (TPSA) is 0 Å². The van der Waals surface area contributed by atoms with Crippen LogP contribution < -0.4 is 0 Å². The first kappa shape index (κ1) is 9.68. The average Bonchev–Trinajstić information content (AvgIpc) is 2.61. The largest absolute Gasteiger partial charge is 0.102 e. The van der Waals surface area contributed by atoms with Gasteiger partial charge in [-0.25, -0.2) is 0 Å². The molecular formula is C11H14BrP. The molecule has 1 aliphatic rings. The van der Waals surface area contributed by atoms with E-state index in [0.717, 1.165) is 0 Å². The van der Waals surface area contributed by atoms with E-state index in [2.05, 4.69) is 40.2 Å². The van der Waals surface area contributed by atoms with Crippen LogP contribution in [-0.4, -0.2) is 12.3 Å². The number of halogens is 1. The summed E-state index contributed by atoms with van der Waals surface area (Å²) in [6.07, 6.45) is 7.26. The number of benzene rings is 1. The van der Waals surface area contributed by atoms with Gasteiger partial charge in [0.2, 0.25) is 0 Å². The van der Waals surface area contributed by atoms with Gasteiger partial charge in [-0.2, -0.15) is 0 Å². The highest BCUT2D eigenvalue weighted by molar-refractivity contribution is 9.10. The summed E-state index contributed by atoms with van der Waals surface area (Å²) in [5, 5.41) is 0. The Kier molecular flexibility index (Phi) is 3.40. The zero-order valence-corrected chi connectivity index (χ0v) is 10.2. The van der Waals surface area contributed by atoms with Crippen LogP contribution in [0, 0.1) is 0 Å². The maximum atomic E-state index is 3.61. The van der Waals surface area contributed by atoms with Gasteiger partial charge in [-0.05, 0) is 43.0 Å². The standard InChI is InChI=1S/C11H14BrP/c12-11-6-2-1-5-10(11)9-13-7-3-4-8-13/h1-2,5-6H,3-4,7-9H2. The van der Waals surface area contributed by atoms with Crippen LogP contribution in [0.5, 0.6) is 0 Å². The Labute approximate surface area is 89.6 Å².